The summed E-state index contributed by atoms with van der Waals surface area (Å²) in [5, 5.41) is 3.39. The van der Waals surface area contributed by atoms with Crippen LogP contribution in [0.2, 0.25) is 0 Å². The summed E-state index contributed by atoms with van der Waals surface area (Å²) in [6.07, 6.45) is 1.96. The molecule has 0 saturated carbocycles. The Hall–Kier alpha value is -2.57. The number of nitrogens with zero attached hydrogens (tertiary/aromatic N) is 1. The molecule has 6 heteroatoms. The lowest BCUT2D eigenvalue weighted by atomic mass is 10.1. The zero-order chi connectivity index (χ0) is 20.9. The van der Waals surface area contributed by atoms with E-state index in [2.05, 4.69) is 60.2 Å². The third-order valence-corrected chi connectivity index (χ3v) is 6.68. The van der Waals surface area contributed by atoms with Crippen molar-refractivity contribution < 1.29 is 4.74 Å². The summed E-state index contributed by atoms with van der Waals surface area (Å²) in [7, 11) is 0. The van der Waals surface area contributed by atoms with Crippen LogP contribution < -0.4 is 10.3 Å². The fourth-order valence-corrected chi connectivity index (χ4v) is 5.01. The van der Waals surface area contributed by atoms with Gasteiger partial charge in [0.25, 0.3) is 5.56 Å². The third-order valence-electron chi connectivity index (χ3n) is 4.85. The standard InChI is InChI=1S/C24H24N2O2S2/c1-16-5-9-18(10-6-16)20-15-30-23-21(20)22(27)25-24(26-23)29-14-4-3-13-28-19-11-7-17(2)8-12-19/h5-12,15H,3-4,13-14H2,1-2H3,(H,25,26,27). The number of nitrogens with one attached hydrogen (secondary N) is 1. The summed E-state index contributed by atoms with van der Waals surface area (Å²) in [6.45, 7) is 4.82. The lowest BCUT2D eigenvalue weighted by Gasteiger charge is -2.06. The fourth-order valence-electron chi connectivity index (χ4n) is 3.14. The van der Waals surface area contributed by atoms with Gasteiger partial charge in [-0.25, -0.2) is 4.98 Å². The van der Waals surface area contributed by atoms with Crippen LogP contribution in [0.25, 0.3) is 21.3 Å². The van der Waals surface area contributed by atoms with Gasteiger partial charge in [-0.3, -0.25) is 4.79 Å². The van der Waals surface area contributed by atoms with Crippen LogP contribution in [0.5, 0.6) is 5.75 Å². The largest absolute Gasteiger partial charge is 0.494 e. The van der Waals surface area contributed by atoms with Crippen molar-refractivity contribution in [3.8, 4) is 16.9 Å². The molecule has 0 aliphatic heterocycles. The van der Waals surface area contributed by atoms with Gasteiger partial charge >= 0.3 is 0 Å². The van der Waals surface area contributed by atoms with Gasteiger partial charge < -0.3 is 9.72 Å². The molecule has 0 atom stereocenters. The predicted molar refractivity (Wildman–Crippen MR) is 127 cm³/mol. The molecule has 0 bridgehead atoms. The van der Waals surface area contributed by atoms with Crippen LogP contribution in [0.15, 0.2) is 63.9 Å². The smallest absolute Gasteiger partial charge is 0.260 e. The van der Waals surface area contributed by atoms with E-state index >= 15 is 0 Å². The Kier molecular flexibility index (Phi) is 6.55. The molecule has 4 rings (SSSR count). The number of unbranched alkanes of at least 4 members (excludes halogenated alkanes) is 1. The van der Waals surface area contributed by atoms with Gasteiger partial charge in [-0.2, -0.15) is 0 Å². The van der Waals surface area contributed by atoms with Gasteiger partial charge in [-0.05, 0) is 44.4 Å². The molecule has 0 unspecified atom stereocenters. The van der Waals surface area contributed by atoms with Crippen molar-refractivity contribution >= 4 is 33.3 Å². The molecule has 0 spiro atoms. The van der Waals surface area contributed by atoms with E-state index in [4.69, 9.17) is 4.74 Å². The summed E-state index contributed by atoms with van der Waals surface area (Å²) in [4.78, 5) is 21.1. The van der Waals surface area contributed by atoms with E-state index < -0.39 is 0 Å². The van der Waals surface area contributed by atoms with Crippen LogP contribution in [0.1, 0.15) is 24.0 Å². The number of aryl methyl sites for hydroxylation is 2. The number of hydrogen-bond acceptors (Lipinski definition) is 5. The molecule has 2 heterocycles. The van der Waals surface area contributed by atoms with Crippen LogP contribution in [0, 0.1) is 13.8 Å². The Morgan fingerprint density at radius 2 is 1.70 bits per heavy atom. The van der Waals surface area contributed by atoms with Crippen molar-refractivity contribution in [2.45, 2.75) is 31.8 Å². The second-order valence-electron chi connectivity index (χ2n) is 7.28. The maximum absolute atomic E-state index is 12.7. The Bertz CT molecular complexity index is 1180. The van der Waals surface area contributed by atoms with Gasteiger partial charge in [0.15, 0.2) is 5.16 Å². The molecular weight excluding hydrogens is 412 g/mol. The van der Waals surface area contributed by atoms with Crippen LogP contribution in [0.3, 0.4) is 0 Å². The van der Waals surface area contributed by atoms with E-state index in [1.54, 1.807) is 11.8 Å². The van der Waals surface area contributed by atoms with Crippen molar-refractivity contribution in [1.29, 1.82) is 0 Å². The average Bonchev–Trinajstić information content (AvgIpc) is 3.17. The summed E-state index contributed by atoms with van der Waals surface area (Å²) < 4.78 is 5.76. The number of aromatic nitrogens is 2. The second kappa shape index (κ2) is 9.49. The summed E-state index contributed by atoms with van der Waals surface area (Å²) >= 11 is 3.11. The normalized spacial score (nSPS) is 11.1. The van der Waals surface area contributed by atoms with Crippen molar-refractivity contribution in [1.82, 2.24) is 9.97 Å². The van der Waals surface area contributed by atoms with Gasteiger partial charge in [0.2, 0.25) is 0 Å². The number of hydrogen-bond donors (Lipinski definition) is 1. The van der Waals surface area contributed by atoms with E-state index in [1.165, 1.54) is 22.5 Å². The molecule has 0 aliphatic carbocycles. The first-order valence-corrected chi connectivity index (χ1v) is 11.9. The van der Waals surface area contributed by atoms with Crippen LogP contribution in [-0.2, 0) is 0 Å². The summed E-state index contributed by atoms with van der Waals surface area (Å²) in [6, 6.07) is 16.3. The SMILES string of the molecule is Cc1ccc(OCCCCSc2nc3scc(-c4ccc(C)cc4)c3c(=O)[nH]2)cc1. The van der Waals surface area contributed by atoms with Crippen molar-refractivity contribution in [3.05, 3.63) is 75.4 Å². The Morgan fingerprint density at radius 1 is 1.00 bits per heavy atom. The van der Waals surface area contributed by atoms with Gasteiger partial charge in [0.05, 0.1) is 12.0 Å². The number of thiophene rings is 1. The molecule has 0 fully saturated rings. The van der Waals surface area contributed by atoms with Crippen molar-refractivity contribution in [3.63, 3.8) is 0 Å². The molecule has 2 aromatic carbocycles. The van der Waals surface area contributed by atoms with Crippen molar-refractivity contribution in [2.24, 2.45) is 0 Å². The lowest BCUT2D eigenvalue weighted by Crippen LogP contribution is -2.08. The number of ether oxygens (including phenoxy) is 1. The van der Waals surface area contributed by atoms with Gasteiger partial charge in [0, 0.05) is 16.7 Å². The van der Waals surface area contributed by atoms with Crippen molar-refractivity contribution in [2.75, 3.05) is 12.4 Å². The predicted octanol–water partition coefficient (Wildman–Crippen LogP) is 6.22. The maximum Gasteiger partial charge on any atom is 0.260 e. The number of aromatic amines is 1. The molecule has 0 aliphatic rings. The first-order chi connectivity index (χ1) is 14.6. The first-order valence-electron chi connectivity index (χ1n) is 10.0. The topological polar surface area (TPSA) is 55.0 Å². The maximum atomic E-state index is 12.7. The van der Waals surface area contributed by atoms with Crippen LogP contribution in [0.4, 0.5) is 0 Å². The molecule has 0 radical (unpaired) electrons. The molecule has 0 saturated heterocycles. The number of benzene rings is 2. The van der Waals surface area contributed by atoms with E-state index in [1.807, 2.05) is 17.5 Å². The highest BCUT2D eigenvalue weighted by Gasteiger charge is 2.13. The zero-order valence-electron chi connectivity index (χ0n) is 17.1. The van der Waals surface area contributed by atoms with E-state index in [-0.39, 0.29) is 5.56 Å². The molecular formula is C24H24N2O2S2. The molecule has 4 aromatic rings. The minimum absolute atomic E-state index is 0.0676. The van der Waals surface area contributed by atoms with Gasteiger partial charge in [-0.15, -0.1) is 11.3 Å². The minimum Gasteiger partial charge on any atom is -0.494 e. The Balaban J connectivity index is 1.33. The number of H-pyrrole nitrogens is 1. The minimum atomic E-state index is -0.0676. The van der Waals surface area contributed by atoms with Gasteiger partial charge in [-0.1, -0.05) is 59.3 Å². The zero-order valence-corrected chi connectivity index (χ0v) is 18.7. The second-order valence-corrected chi connectivity index (χ2v) is 9.23. The van der Waals surface area contributed by atoms with E-state index in [0.717, 1.165) is 40.3 Å². The van der Waals surface area contributed by atoms with E-state index in [0.29, 0.717) is 17.1 Å². The molecule has 2 aromatic heterocycles. The summed E-state index contributed by atoms with van der Waals surface area (Å²) in [5.41, 5.74) is 4.37. The average molecular weight is 437 g/mol. The number of thioether (sulfide) groups is 1. The highest BCUT2D eigenvalue weighted by atomic mass is 32.2. The van der Waals surface area contributed by atoms with Gasteiger partial charge in [0.1, 0.15) is 10.6 Å². The molecule has 1 N–H and O–H groups in total. The monoisotopic (exact) mass is 436 g/mol. The Labute approximate surface area is 184 Å². The van der Waals surface area contributed by atoms with Crippen LogP contribution >= 0.6 is 23.1 Å². The van der Waals surface area contributed by atoms with E-state index in [9.17, 15) is 4.79 Å². The fraction of sp³-hybridized carbons (Fsp3) is 0.250. The lowest BCUT2D eigenvalue weighted by molar-refractivity contribution is 0.310. The summed E-state index contributed by atoms with van der Waals surface area (Å²) in [5.74, 6) is 1.80. The molecule has 4 nitrogen and oxygen atoms in total. The number of rotatable bonds is 8. The highest BCUT2D eigenvalue weighted by Crippen LogP contribution is 2.31. The van der Waals surface area contributed by atoms with Crippen LogP contribution in [-0.4, -0.2) is 22.3 Å². The Morgan fingerprint density at radius 3 is 2.43 bits per heavy atom. The first kappa shape index (κ1) is 20.7. The highest BCUT2D eigenvalue weighted by molar-refractivity contribution is 7.99. The molecule has 154 valence electrons. The quantitative estimate of drug-likeness (QED) is 0.202. The third kappa shape index (κ3) is 4.94. The number of fused-ring (bicyclic) bond motifs is 1. The molecule has 30 heavy (non-hydrogen) atoms. The molecule has 0 amide bonds.